The first-order chi connectivity index (χ1) is 17.2. The highest BCUT2D eigenvalue weighted by molar-refractivity contribution is 6.32. The lowest BCUT2D eigenvalue weighted by Crippen LogP contribution is -2.59. The van der Waals surface area contributed by atoms with Crippen molar-refractivity contribution in [3.05, 3.63) is 65.3 Å². The third-order valence-electron chi connectivity index (χ3n) is 6.85. The van der Waals surface area contributed by atoms with Gasteiger partial charge in [0, 0.05) is 55.0 Å². The van der Waals surface area contributed by atoms with Crippen LogP contribution in [0.25, 0.3) is 0 Å². The van der Waals surface area contributed by atoms with Crippen LogP contribution in [0.4, 0.5) is 10.1 Å². The van der Waals surface area contributed by atoms with Crippen LogP contribution in [0, 0.1) is 5.82 Å². The van der Waals surface area contributed by atoms with E-state index in [2.05, 4.69) is 41.1 Å². The topological polar surface area (TPSA) is 75.5 Å². The van der Waals surface area contributed by atoms with Gasteiger partial charge >= 0.3 is 0 Å². The Morgan fingerprint density at radius 2 is 2.08 bits per heavy atom. The Balaban J connectivity index is 0.00000320. The quantitative estimate of drug-likeness (QED) is 0.495. The number of piperazine rings is 1. The number of nitrogens with zero attached hydrogens (tertiary/aromatic N) is 5. The highest BCUT2D eigenvalue weighted by atomic mass is 35.5. The lowest BCUT2D eigenvalue weighted by Gasteiger charge is -2.39. The summed E-state index contributed by atoms with van der Waals surface area (Å²) in [5.74, 6) is 0.526. The molecule has 3 aromatic rings. The van der Waals surface area contributed by atoms with E-state index in [1.54, 1.807) is 23.0 Å². The fraction of sp³-hybridized carbons (Fsp3) is 0.423. The van der Waals surface area contributed by atoms with Crippen molar-refractivity contribution in [1.29, 1.82) is 0 Å². The Morgan fingerprint density at radius 3 is 2.81 bits per heavy atom. The maximum atomic E-state index is 13.7. The summed E-state index contributed by atoms with van der Waals surface area (Å²) in [7, 11) is 0. The molecule has 1 saturated heterocycles. The maximum absolute atomic E-state index is 13.7. The number of benzene rings is 1. The molecule has 5 rings (SSSR count). The molecule has 2 aliphatic rings. The van der Waals surface area contributed by atoms with Crippen LogP contribution in [0.3, 0.4) is 0 Å². The minimum atomic E-state index is -0.367. The molecule has 2 aliphatic heterocycles. The summed E-state index contributed by atoms with van der Waals surface area (Å²) < 4.78 is 21.0. The van der Waals surface area contributed by atoms with Gasteiger partial charge in [-0.15, -0.1) is 12.4 Å². The molecule has 198 valence electrons. The zero-order valence-corrected chi connectivity index (χ0v) is 22.6. The zero-order valence-electron chi connectivity index (χ0n) is 21.0. The van der Waals surface area contributed by atoms with Crippen LogP contribution in [0.5, 0.6) is 11.6 Å². The number of nitrogens with one attached hydrogen (secondary N) is 1. The molecule has 1 aromatic carbocycles. The minimum Gasteiger partial charge on any atom is -0.437 e. The summed E-state index contributed by atoms with van der Waals surface area (Å²) in [5.41, 5.74) is 1.56. The van der Waals surface area contributed by atoms with E-state index in [4.69, 9.17) is 16.3 Å². The Bertz CT molecular complexity index is 1270. The van der Waals surface area contributed by atoms with E-state index in [-0.39, 0.29) is 48.2 Å². The molecule has 11 heteroatoms. The number of carbonyl (C=O) groups excluding carboxylic acids is 1. The second-order valence-corrected chi connectivity index (χ2v) is 10.6. The average Bonchev–Trinajstić information content (AvgIpc) is 3.36. The number of pyridine rings is 1. The SMILES string of the molecule is C[C@@H]1CN(CC(=O)N2CC(C)(C)c3cnc(Oc4ccccc4Cl)cc32)[C@@H](Cn2cc(F)cn2)CN1.Cl. The molecule has 1 fully saturated rings. The van der Waals surface area contributed by atoms with E-state index in [0.29, 0.717) is 42.8 Å². The molecule has 1 amide bonds. The van der Waals surface area contributed by atoms with Crippen molar-refractivity contribution < 1.29 is 13.9 Å². The number of ether oxygens (including phenoxy) is 1. The molecule has 0 spiro atoms. The predicted molar refractivity (Wildman–Crippen MR) is 143 cm³/mol. The maximum Gasteiger partial charge on any atom is 0.241 e. The van der Waals surface area contributed by atoms with Crippen molar-refractivity contribution in [1.82, 2.24) is 25.0 Å². The molecular weight excluding hydrogens is 518 g/mol. The lowest BCUT2D eigenvalue weighted by atomic mass is 9.88. The fourth-order valence-electron chi connectivity index (χ4n) is 4.97. The van der Waals surface area contributed by atoms with E-state index < -0.39 is 0 Å². The van der Waals surface area contributed by atoms with Gasteiger partial charge in [0.1, 0.15) is 5.75 Å². The summed E-state index contributed by atoms with van der Waals surface area (Å²) in [5, 5.41) is 8.03. The van der Waals surface area contributed by atoms with Crippen LogP contribution >= 0.6 is 24.0 Å². The van der Waals surface area contributed by atoms with Crippen molar-refractivity contribution in [3.8, 4) is 11.6 Å². The van der Waals surface area contributed by atoms with E-state index >= 15 is 0 Å². The number of carbonyl (C=O) groups is 1. The Labute approximate surface area is 227 Å². The molecule has 1 N–H and O–H groups in total. The number of aromatic nitrogens is 3. The Hall–Kier alpha value is -2.72. The minimum absolute atomic E-state index is 0. The van der Waals surface area contributed by atoms with Crippen LogP contribution in [0.2, 0.25) is 5.02 Å². The van der Waals surface area contributed by atoms with Crippen LogP contribution in [-0.2, 0) is 16.8 Å². The van der Waals surface area contributed by atoms with E-state index in [1.165, 1.54) is 12.4 Å². The molecule has 2 atom stereocenters. The zero-order chi connectivity index (χ0) is 25.4. The number of rotatable bonds is 6. The van der Waals surface area contributed by atoms with Gasteiger partial charge in [-0.2, -0.15) is 5.10 Å². The Morgan fingerprint density at radius 1 is 1.30 bits per heavy atom. The van der Waals surface area contributed by atoms with E-state index in [9.17, 15) is 9.18 Å². The van der Waals surface area contributed by atoms with Crippen molar-refractivity contribution in [3.63, 3.8) is 0 Å². The number of hydrogen-bond donors (Lipinski definition) is 1. The summed E-state index contributed by atoms with van der Waals surface area (Å²) in [6, 6.07) is 9.28. The van der Waals surface area contributed by atoms with Gasteiger partial charge in [-0.1, -0.05) is 37.6 Å². The standard InChI is InChI=1S/C26H30ClFN6O2.ClH/c1-17-12-32(19(10-29-17)14-33-13-18(28)9-31-33)15-25(35)34-16-26(2,3)20-11-30-24(8-22(20)34)36-23-7-5-4-6-21(23)27;/h4-9,11,13,17,19,29H,10,12,14-16H2,1-3H3;1H/t17-,19-;/m1./s1. The van der Waals surface area contributed by atoms with Crippen LogP contribution in [0.15, 0.2) is 48.9 Å². The highest BCUT2D eigenvalue weighted by Crippen LogP contribution is 2.42. The molecule has 8 nitrogen and oxygen atoms in total. The van der Waals surface area contributed by atoms with Crippen LogP contribution < -0.4 is 15.0 Å². The van der Waals surface area contributed by atoms with Gasteiger partial charge in [-0.3, -0.25) is 14.4 Å². The summed E-state index contributed by atoms with van der Waals surface area (Å²) in [4.78, 5) is 22.2. The van der Waals surface area contributed by atoms with Crippen molar-refractivity contribution in [2.45, 2.75) is 44.8 Å². The smallest absolute Gasteiger partial charge is 0.241 e. The van der Waals surface area contributed by atoms with E-state index in [0.717, 1.165) is 11.3 Å². The van der Waals surface area contributed by atoms with Gasteiger partial charge in [-0.05, 0) is 19.1 Å². The normalized spacial score (nSPS) is 20.8. The van der Waals surface area contributed by atoms with Crippen LogP contribution in [-0.4, -0.2) is 63.8 Å². The largest absolute Gasteiger partial charge is 0.437 e. The van der Waals surface area contributed by atoms with E-state index in [1.807, 2.05) is 23.1 Å². The molecule has 37 heavy (non-hydrogen) atoms. The monoisotopic (exact) mass is 548 g/mol. The summed E-state index contributed by atoms with van der Waals surface area (Å²) in [6.07, 6.45) is 4.37. The molecular formula is C26H31Cl2FN6O2. The molecule has 0 aliphatic carbocycles. The van der Waals surface area contributed by atoms with Crippen molar-refractivity contribution in [2.75, 3.05) is 31.1 Å². The molecule has 0 saturated carbocycles. The number of para-hydroxylation sites is 1. The highest BCUT2D eigenvalue weighted by Gasteiger charge is 2.40. The molecule has 0 bridgehead atoms. The number of hydrogen-bond acceptors (Lipinski definition) is 6. The molecule has 0 unspecified atom stereocenters. The first-order valence-corrected chi connectivity index (χ1v) is 12.5. The number of fused-ring (bicyclic) bond motifs is 1. The average molecular weight is 549 g/mol. The second-order valence-electron chi connectivity index (χ2n) is 10.2. The molecule has 0 radical (unpaired) electrons. The van der Waals surface area contributed by atoms with Crippen LogP contribution in [0.1, 0.15) is 26.3 Å². The third-order valence-corrected chi connectivity index (χ3v) is 7.16. The van der Waals surface area contributed by atoms with Gasteiger partial charge in [0.15, 0.2) is 5.82 Å². The third kappa shape index (κ3) is 5.90. The molecule has 2 aromatic heterocycles. The number of anilines is 1. The van der Waals surface area contributed by atoms with Gasteiger partial charge in [0.25, 0.3) is 0 Å². The first kappa shape index (κ1) is 27.3. The predicted octanol–water partition coefficient (Wildman–Crippen LogP) is 4.27. The van der Waals surface area contributed by atoms with Gasteiger partial charge in [-0.25, -0.2) is 9.37 Å². The van der Waals surface area contributed by atoms with Gasteiger partial charge in [0.05, 0.1) is 36.2 Å². The first-order valence-electron chi connectivity index (χ1n) is 12.1. The Kier molecular flexibility index (Phi) is 8.08. The van der Waals surface area contributed by atoms with Crippen molar-refractivity contribution >= 4 is 35.6 Å². The number of halogens is 3. The molecule has 4 heterocycles. The van der Waals surface area contributed by atoms with Gasteiger partial charge < -0.3 is 15.0 Å². The second kappa shape index (κ2) is 10.9. The summed E-state index contributed by atoms with van der Waals surface area (Å²) >= 11 is 6.25. The van der Waals surface area contributed by atoms with Crippen molar-refractivity contribution in [2.24, 2.45) is 0 Å². The lowest BCUT2D eigenvalue weighted by molar-refractivity contribution is -0.120. The van der Waals surface area contributed by atoms with Gasteiger partial charge in [0.2, 0.25) is 11.8 Å². The summed E-state index contributed by atoms with van der Waals surface area (Å²) in [6.45, 7) is 9.01. The number of amides is 1. The fourth-order valence-corrected chi connectivity index (χ4v) is 5.15.